The number of carbonyl (C=O) groups excluding carboxylic acids is 1. The number of benzene rings is 1. The molecule has 0 bridgehead atoms. The summed E-state index contributed by atoms with van der Waals surface area (Å²) in [5.41, 5.74) is 0.944. The molecule has 0 N–H and O–H groups in total. The first-order chi connectivity index (χ1) is 6.42. The predicted molar refractivity (Wildman–Crippen MR) is 49.8 cm³/mol. The van der Waals surface area contributed by atoms with Gasteiger partial charge in [-0.25, -0.2) is 4.98 Å². The minimum atomic E-state index is 0.676. The van der Waals surface area contributed by atoms with E-state index in [9.17, 15) is 4.79 Å². The zero-order valence-corrected chi connectivity index (χ0v) is 6.92. The van der Waals surface area contributed by atoms with Crippen LogP contribution < -0.4 is 0 Å². The Morgan fingerprint density at radius 2 is 2.00 bits per heavy atom. The number of imidazole rings is 1. The molecule has 0 amide bonds. The second-order valence-electron chi connectivity index (χ2n) is 2.63. The van der Waals surface area contributed by atoms with Gasteiger partial charge >= 0.3 is 0 Å². The SMILES string of the molecule is O=Cn1ccnc1-c1ccccc1. The highest BCUT2D eigenvalue weighted by Crippen LogP contribution is 2.14. The molecule has 0 radical (unpaired) electrons. The molecule has 0 spiro atoms. The molecule has 3 heteroatoms. The smallest absolute Gasteiger partial charge is 0.219 e. The van der Waals surface area contributed by atoms with Crippen molar-refractivity contribution in [3.05, 3.63) is 42.7 Å². The first-order valence-corrected chi connectivity index (χ1v) is 3.95. The van der Waals surface area contributed by atoms with Crippen molar-refractivity contribution in [1.82, 2.24) is 9.55 Å². The molecule has 13 heavy (non-hydrogen) atoms. The van der Waals surface area contributed by atoms with E-state index in [2.05, 4.69) is 4.98 Å². The first-order valence-electron chi connectivity index (χ1n) is 3.95. The van der Waals surface area contributed by atoms with E-state index in [1.807, 2.05) is 30.3 Å². The number of hydrogen-bond acceptors (Lipinski definition) is 2. The fourth-order valence-electron chi connectivity index (χ4n) is 1.21. The second kappa shape index (κ2) is 3.23. The fraction of sp³-hybridized carbons (Fsp3) is 0. The molecule has 1 aromatic carbocycles. The molecular weight excluding hydrogens is 164 g/mol. The maximum Gasteiger partial charge on any atom is 0.219 e. The molecule has 0 aliphatic heterocycles. The highest BCUT2D eigenvalue weighted by atomic mass is 16.1. The zero-order valence-electron chi connectivity index (χ0n) is 6.92. The molecule has 0 aliphatic carbocycles. The topological polar surface area (TPSA) is 34.9 Å². The fourth-order valence-corrected chi connectivity index (χ4v) is 1.21. The monoisotopic (exact) mass is 172 g/mol. The van der Waals surface area contributed by atoms with E-state index in [-0.39, 0.29) is 0 Å². The van der Waals surface area contributed by atoms with Gasteiger partial charge in [0.2, 0.25) is 6.41 Å². The van der Waals surface area contributed by atoms with Gasteiger partial charge in [-0.1, -0.05) is 30.3 Å². The highest BCUT2D eigenvalue weighted by Gasteiger charge is 2.02. The Labute approximate surface area is 75.7 Å². The van der Waals surface area contributed by atoms with Crippen LogP contribution in [0.5, 0.6) is 0 Å². The molecule has 0 saturated heterocycles. The molecule has 0 aliphatic rings. The van der Waals surface area contributed by atoms with Crippen LogP contribution in [0.4, 0.5) is 0 Å². The molecule has 3 nitrogen and oxygen atoms in total. The minimum absolute atomic E-state index is 0.676. The molecule has 1 aromatic heterocycles. The summed E-state index contributed by atoms with van der Waals surface area (Å²) in [6.07, 6.45) is 3.99. The van der Waals surface area contributed by atoms with E-state index in [1.54, 1.807) is 12.4 Å². The Morgan fingerprint density at radius 3 is 2.69 bits per heavy atom. The summed E-state index contributed by atoms with van der Waals surface area (Å²) >= 11 is 0. The predicted octanol–water partition coefficient (Wildman–Crippen LogP) is 1.59. The van der Waals surface area contributed by atoms with Crippen molar-refractivity contribution in [2.24, 2.45) is 0 Å². The van der Waals surface area contributed by atoms with Crippen LogP contribution in [-0.4, -0.2) is 16.0 Å². The van der Waals surface area contributed by atoms with Crippen molar-refractivity contribution in [1.29, 1.82) is 0 Å². The van der Waals surface area contributed by atoms with E-state index < -0.39 is 0 Å². The number of rotatable bonds is 2. The largest absolute Gasteiger partial charge is 0.278 e. The Hall–Kier alpha value is -1.90. The van der Waals surface area contributed by atoms with Crippen molar-refractivity contribution < 1.29 is 4.79 Å². The zero-order chi connectivity index (χ0) is 9.10. The number of aromatic nitrogens is 2. The maximum atomic E-state index is 10.6. The van der Waals surface area contributed by atoms with Crippen LogP contribution in [-0.2, 0) is 4.79 Å². The van der Waals surface area contributed by atoms with Gasteiger partial charge in [-0.3, -0.25) is 9.36 Å². The molecule has 0 saturated carbocycles. The summed E-state index contributed by atoms with van der Waals surface area (Å²) in [6.45, 7) is 0. The Bertz CT molecular complexity index is 406. The number of hydrogen-bond donors (Lipinski definition) is 0. The summed E-state index contributed by atoms with van der Waals surface area (Å²) in [5.74, 6) is 0.676. The van der Waals surface area contributed by atoms with Gasteiger partial charge in [-0.15, -0.1) is 0 Å². The van der Waals surface area contributed by atoms with Crippen molar-refractivity contribution in [2.45, 2.75) is 0 Å². The third-order valence-electron chi connectivity index (χ3n) is 1.81. The third-order valence-corrected chi connectivity index (χ3v) is 1.81. The van der Waals surface area contributed by atoms with Crippen LogP contribution in [0.25, 0.3) is 11.4 Å². The highest BCUT2D eigenvalue weighted by molar-refractivity contribution is 5.65. The van der Waals surface area contributed by atoms with E-state index in [1.165, 1.54) is 4.57 Å². The average molecular weight is 172 g/mol. The van der Waals surface area contributed by atoms with Gasteiger partial charge in [0, 0.05) is 18.0 Å². The molecular formula is C10H8N2O. The molecule has 2 rings (SSSR count). The van der Waals surface area contributed by atoms with Crippen molar-refractivity contribution in [2.75, 3.05) is 0 Å². The van der Waals surface area contributed by atoms with Crippen LogP contribution in [0.3, 0.4) is 0 Å². The normalized spacial score (nSPS) is 9.85. The van der Waals surface area contributed by atoms with Gasteiger partial charge in [0.1, 0.15) is 5.82 Å². The van der Waals surface area contributed by atoms with E-state index in [0.29, 0.717) is 5.82 Å². The van der Waals surface area contributed by atoms with E-state index in [0.717, 1.165) is 12.0 Å². The lowest BCUT2D eigenvalue weighted by Crippen LogP contribution is -1.95. The van der Waals surface area contributed by atoms with Gasteiger partial charge < -0.3 is 0 Å². The second-order valence-corrected chi connectivity index (χ2v) is 2.63. The van der Waals surface area contributed by atoms with Crippen molar-refractivity contribution in [3.8, 4) is 11.4 Å². The standard InChI is InChI=1S/C10H8N2O/c13-8-12-7-6-11-10(12)9-4-2-1-3-5-9/h1-8H. The van der Waals surface area contributed by atoms with Crippen molar-refractivity contribution >= 4 is 6.41 Å². The van der Waals surface area contributed by atoms with Crippen LogP contribution in [0, 0.1) is 0 Å². The third kappa shape index (κ3) is 1.36. The lowest BCUT2D eigenvalue weighted by molar-refractivity contribution is 0.548. The van der Waals surface area contributed by atoms with Gasteiger partial charge in [-0.2, -0.15) is 0 Å². The average Bonchev–Trinajstić information content (AvgIpc) is 2.67. The van der Waals surface area contributed by atoms with Crippen LogP contribution in [0.15, 0.2) is 42.7 Å². The Morgan fingerprint density at radius 1 is 1.23 bits per heavy atom. The lowest BCUT2D eigenvalue weighted by Gasteiger charge is -1.98. The minimum Gasteiger partial charge on any atom is -0.278 e. The quantitative estimate of drug-likeness (QED) is 0.645. The summed E-state index contributed by atoms with van der Waals surface area (Å²) in [6, 6.07) is 9.60. The molecule has 0 unspecified atom stereocenters. The molecule has 0 atom stereocenters. The number of carbonyl (C=O) groups is 1. The number of nitrogens with zero attached hydrogens (tertiary/aromatic N) is 2. The molecule has 64 valence electrons. The van der Waals surface area contributed by atoms with Crippen LogP contribution in [0.1, 0.15) is 0 Å². The van der Waals surface area contributed by atoms with E-state index in [4.69, 9.17) is 0 Å². The summed E-state index contributed by atoms with van der Waals surface area (Å²) in [4.78, 5) is 14.7. The summed E-state index contributed by atoms with van der Waals surface area (Å²) in [5, 5.41) is 0. The maximum absolute atomic E-state index is 10.6. The molecule has 1 heterocycles. The van der Waals surface area contributed by atoms with Gasteiger partial charge in [0.25, 0.3) is 0 Å². The summed E-state index contributed by atoms with van der Waals surface area (Å²) in [7, 11) is 0. The Kier molecular flexibility index (Phi) is 1.92. The van der Waals surface area contributed by atoms with Crippen molar-refractivity contribution in [3.63, 3.8) is 0 Å². The van der Waals surface area contributed by atoms with Gasteiger partial charge in [0.15, 0.2) is 0 Å². The van der Waals surface area contributed by atoms with Gasteiger partial charge in [-0.05, 0) is 0 Å². The first kappa shape index (κ1) is 7.73. The summed E-state index contributed by atoms with van der Waals surface area (Å²) < 4.78 is 1.45. The Balaban J connectivity index is 2.52. The molecule has 2 aromatic rings. The van der Waals surface area contributed by atoms with Gasteiger partial charge in [0.05, 0.1) is 0 Å². The lowest BCUT2D eigenvalue weighted by atomic mass is 10.2. The molecule has 0 fully saturated rings. The van der Waals surface area contributed by atoms with Crippen LogP contribution in [0.2, 0.25) is 0 Å². The van der Waals surface area contributed by atoms with Crippen LogP contribution >= 0.6 is 0 Å². The van der Waals surface area contributed by atoms with E-state index >= 15 is 0 Å².